The fourth-order valence-electron chi connectivity index (χ4n) is 1.76. The number of Topliss-reactive ketones (excluding diaryl/α,β-unsaturated/α-hetero) is 1. The van der Waals surface area contributed by atoms with Crippen LogP contribution in [0.2, 0.25) is 0 Å². The summed E-state index contributed by atoms with van der Waals surface area (Å²) in [7, 11) is 0. The zero-order valence-corrected chi connectivity index (χ0v) is 12.4. The summed E-state index contributed by atoms with van der Waals surface area (Å²) in [5.41, 5.74) is 6.92. The molecule has 0 unspecified atom stereocenters. The summed E-state index contributed by atoms with van der Waals surface area (Å²) in [5.74, 6) is -0.110. The Kier molecular flexibility index (Phi) is 4.39. The second kappa shape index (κ2) is 6.05. The Labute approximate surface area is 124 Å². The molecule has 0 aliphatic heterocycles. The number of halogens is 2. The molecule has 2 rings (SSSR count). The predicted molar refractivity (Wildman–Crippen MR) is 79.3 cm³/mol. The van der Waals surface area contributed by atoms with Gasteiger partial charge >= 0.3 is 0 Å². The highest BCUT2D eigenvalue weighted by atomic mass is 79.9. The number of hydrogen-bond donors (Lipinski definition) is 1. The summed E-state index contributed by atoms with van der Waals surface area (Å²) in [6.07, 6.45) is 0. The van der Waals surface area contributed by atoms with E-state index in [1.54, 1.807) is 30.3 Å². The highest BCUT2D eigenvalue weighted by Crippen LogP contribution is 2.24. The molecule has 20 heavy (non-hydrogen) atoms. The van der Waals surface area contributed by atoms with Crippen LogP contribution in [0.1, 0.15) is 22.8 Å². The number of benzene rings is 2. The molecule has 0 heterocycles. The average molecular weight is 338 g/mol. The lowest BCUT2D eigenvalue weighted by Crippen LogP contribution is -2.04. The third-order valence-electron chi connectivity index (χ3n) is 2.77. The molecule has 0 atom stereocenters. The largest absolute Gasteiger partial charge is 0.488 e. The Morgan fingerprint density at radius 3 is 2.75 bits per heavy atom. The van der Waals surface area contributed by atoms with Crippen LogP contribution in [0, 0.1) is 5.82 Å². The number of ketones is 1. The van der Waals surface area contributed by atoms with Gasteiger partial charge in [-0.05, 0) is 43.3 Å². The number of carbonyl (C=O) groups excluding carboxylic acids is 1. The molecule has 5 heteroatoms. The molecule has 0 saturated heterocycles. The summed E-state index contributed by atoms with van der Waals surface area (Å²) in [6, 6.07) is 9.41. The number of anilines is 1. The Morgan fingerprint density at radius 1 is 1.30 bits per heavy atom. The standard InChI is InChI=1S/C15H13BrFNO2/c1-9(19)13-7-12(18)3-5-15(13)20-8-10-6-11(16)2-4-14(10)17/h2-7H,8,18H2,1H3. The minimum absolute atomic E-state index is 0.0372. The van der Waals surface area contributed by atoms with Gasteiger partial charge in [0.2, 0.25) is 0 Å². The molecule has 0 radical (unpaired) electrons. The number of rotatable bonds is 4. The van der Waals surface area contributed by atoms with Gasteiger partial charge in [-0.2, -0.15) is 0 Å². The van der Waals surface area contributed by atoms with Crippen LogP contribution in [-0.4, -0.2) is 5.78 Å². The van der Waals surface area contributed by atoms with Crippen molar-refractivity contribution in [2.24, 2.45) is 0 Å². The van der Waals surface area contributed by atoms with Crippen LogP contribution in [0.4, 0.5) is 10.1 Å². The lowest BCUT2D eigenvalue weighted by atomic mass is 10.1. The van der Waals surface area contributed by atoms with Gasteiger partial charge in [-0.3, -0.25) is 4.79 Å². The molecule has 0 saturated carbocycles. The summed E-state index contributed by atoms with van der Waals surface area (Å²) < 4.78 is 19.9. The van der Waals surface area contributed by atoms with E-state index in [-0.39, 0.29) is 18.2 Å². The van der Waals surface area contributed by atoms with Gasteiger partial charge < -0.3 is 10.5 Å². The topological polar surface area (TPSA) is 52.3 Å². The molecule has 0 amide bonds. The van der Waals surface area contributed by atoms with Gasteiger partial charge in [0.05, 0.1) is 5.56 Å². The van der Waals surface area contributed by atoms with Gasteiger partial charge in [-0.1, -0.05) is 15.9 Å². The molecule has 104 valence electrons. The molecule has 3 nitrogen and oxygen atoms in total. The minimum Gasteiger partial charge on any atom is -0.488 e. The predicted octanol–water partition coefficient (Wildman–Crippen LogP) is 3.95. The van der Waals surface area contributed by atoms with Crippen molar-refractivity contribution < 1.29 is 13.9 Å². The monoisotopic (exact) mass is 337 g/mol. The number of ether oxygens (including phenoxy) is 1. The molecule has 0 fully saturated rings. The smallest absolute Gasteiger partial charge is 0.163 e. The normalized spacial score (nSPS) is 10.3. The highest BCUT2D eigenvalue weighted by Gasteiger charge is 2.10. The van der Waals surface area contributed by atoms with Crippen LogP contribution in [0.15, 0.2) is 40.9 Å². The van der Waals surface area contributed by atoms with Crippen molar-refractivity contribution in [3.8, 4) is 5.75 Å². The van der Waals surface area contributed by atoms with E-state index in [0.717, 1.165) is 4.47 Å². The molecule has 0 aromatic heterocycles. The first-order chi connectivity index (χ1) is 9.47. The third kappa shape index (κ3) is 3.36. The van der Waals surface area contributed by atoms with E-state index in [4.69, 9.17) is 10.5 Å². The maximum absolute atomic E-state index is 13.6. The molecule has 0 aliphatic carbocycles. The lowest BCUT2D eigenvalue weighted by Gasteiger charge is -2.11. The highest BCUT2D eigenvalue weighted by molar-refractivity contribution is 9.10. The molecule has 0 spiro atoms. The van der Waals surface area contributed by atoms with Gasteiger partial charge in [0.15, 0.2) is 5.78 Å². The number of carbonyl (C=O) groups is 1. The van der Waals surface area contributed by atoms with E-state index in [1.807, 2.05) is 0 Å². The van der Waals surface area contributed by atoms with Gasteiger partial charge in [0.1, 0.15) is 18.2 Å². The first kappa shape index (κ1) is 14.5. The van der Waals surface area contributed by atoms with Crippen molar-refractivity contribution in [3.05, 3.63) is 57.8 Å². The third-order valence-corrected chi connectivity index (χ3v) is 3.27. The summed E-state index contributed by atoms with van der Waals surface area (Å²) >= 11 is 3.28. The average Bonchev–Trinajstić information content (AvgIpc) is 2.40. The first-order valence-electron chi connectivity index (χ1n) is 5.94. The number of hydrogen-bond acceptors (Lipinski definition) is 3. The van der Waals surface area contributed by atoms with Crippen molar-refractivity contribution in [2.75, 3.05) is 5.73 Å². The van der Waals surface area contributed by atoms with Crippen molar-refractivity contribution in [3.63, 3.8) is 0 Å². The molecule has 0 aliphatic rings. The van der Waals surface area contributed by atoms with E-state index in [0.29, 0.717) is 22.6 Å². The maximum atomic E-state index is 13.6. The first-order valence-corrected chi connectivity index (χ1v) is 6.74. The SMILES string of the molecule is CC(=O)c1cc(N)ccc1OCc1cc(Br)ccc1F. The molecular weight excluding hydrogens is 325 g/mol. The van der Waals surface area contributed by atoms with Gasteiger partial charge in [0.25, 0.3) is 0 Å². The van der Waals surface area contributed by atoms with Crippen molar-refractivity contribution in [1.29, 1.82) is 0 Å². The van der Waals surface area contributed by atoms with E-state index >= 15 is 0 Å². The molecular formula is C15H13BrFNO2. The van der Waals surface area contributed by atoms with Gasteiger partial charge in [0, 0.05) is 15.7 Å². The van der Waals surface area contributed by atoms with Crippen molar-refractivity contribution in [2.45, 2.75) is 13.5 Å². The van der Waals surface area contributed by atoms with Crippen LogP contribution in [-0.2, 0) is 6.61 Å². The Bertz CT molecular complexity index is 658. The van der Waals surface area contributed by atoms with Crippen LogP contribution in [0.3, 0.4) is 0 Å². The summed E-state index contributed by atoms with van der Waals surface area (Å²) in [6.45, 7) is 1.47. The Balaban J connectivity index is 2.23. The quantitative estimate of drug-likeness (QED) is 0.678. The lowest BCUT2D eigenvalue weighted by molar-refractivity contribution is 0.101. The molecule has 2 N–H and O–H groups in total. The van der Waals surface area contributed by atoms with Crippen LogP contribution < -0.4 is 10.5 Å². The molecule has 0 bridgehead atoms. The fourth-order valence-corrected chi connectivity index (χ4v) is 2.17. The van der Waals surface area contributed by atoms with E-state index in [2.05, 4.69) is 15.9 Å². The van der Waals surface area contributed by atoms with Gasteiger partial charge in [-0.25, -0.2) is 4.39 Å². The maximum Gasteiger partial charge on any atom is 0.163 e. The van der Waals surface area contributed by atoms with E-state index < -0.39 is 0 Å². The molecule has 2 aromatic rings. The van der Waals surface area contributed by atoms with Gasteiger partial charge in [-0.15, -0.1) is 0 Å². The van der Waals surface area contributed by atoms with Crippen molar-refractivity contribution >= 4 is 27.4 Å². The Hall–Kier alpha value is -1.88. The second-order valence-corrected chi connectivity index (χ2v) is 5.25. The number of nitrogens with two attached hydrogens (primary N) is 1. The van der Waals surface area contributed by atoms with Crippen LogP contribution in [0.5, 0.6) is 5.75 Å². The summed E-state index contributed by atoms with van der Waals surface area (Å²) in [5, 5.41) is 0. The van der Waals surface area contributed by atoms with E-state index in [9.17, 15) is 9.18 Å². The fraction of sp³-hybridized carbons (Fsp3) is 0.133. The zero-order valence-electron chi connectivity index (χ0n) is 10.8. The summed E-state index contributed by atoms with van der Waals surface area (Å²) in [4.78, 5) is 11.5. The Morgan fingerprint density at radius 2 is 2.05 bits per heavy atom. The van der Waals surface area contributed by atoms with Crippen LogP contribution >= 0.6 is 15.9 Å². The van der Waals surface area contributed by atoms with Crippen LogP contribution in [0.25, 0.3) is 0 Å². The zero-order chi connectivity index (χ0) is 14.7. The van der Waals surface area contributed by atoms with Crippen molar-refractivity contribution in [1.82, 2.24) is 0 Å². The van der Waals surface area contributed by atoms with E-state index in [1.165, 1.54) is 13.0 Å². The number of nitrogen functional groups attached to an aromatic ring is 1. The second-order valence-electron chi connectivity index (χ2n) is 4.34. The minimum atomic E-state index is -0.354. The molecule has 2 aromatic carbocycles.